The monoisotopic (exact) mass is 123 g/mol. The molecule has 0 amide bonds. The highest BCUT2D eigenvalue weighted by Crippen LogP contribution is 1.95. The standard InChI is InChI=1S/C8H13N/c1-2-3-4-5-6-7-8-9/h3-4H,2,5-7H2,1H3/b4-3+. The second-order valence-electron chi connectivity index (χ2n) is 1.93. The van der Waals surface area contributed by atoms with Crippen LogP contribution in [-0.2, 0) is 0 Å². The van der Waals surface area contributed by atoms with Crippen molar-refractivity contribution in [2.75, 3.05) is 0 Å². The largest absolute Gasteiger partial charge is 0.198 e. The lowest BCUT2D eigenvalue weighted by Crippen LogP contribution is -1.67. The summed E-state index contributed by atoms with van der Waals surface area (Å²) in [5.74, 6) is 0. The zero-order valence-corrected chi connectivity index (χ0v) is 5.93. The highest BCUT2D eigenvalue weighted by Gasteiger charge is 1.78. The molecule has 0 rings (SSSR count). The zero-order valence-electron chi connectivity index (χ0n) is 5.93. The molecule has 0 saturated carbocycles. The zero-order chi connectivity index (χ0) is 6.95. The summed E-state index contributed by atoms with van der Waals surface area (Å²) in [6.07, 6.45) is 8.13. The highest BCUT2D eigenvalue weighted by molar-refractivity contribution is 4.81. The van der Waals surface area contributed by atoms with Crippen molar-refractivity contribution >= 4 is 0 Å². The van der Waals surface area contributed by atoms with E-state index in [1.54, 1.807) is 0 Å². The third-order valence-electron chi connectivity index (χ3n) is 1.06. The maximum Gasteiger partial charge on any atom is 0.0621 e. The molecule has 0 bridgehead atoms. The van der Waals surface area contributed by atoms with Crippen molar-refractivity contribution in [3.05, 3.63) is 12.2 Å². The molecule has 0 radical (unpaired) electrons. The van der Waals surface area contributed by atoms with E-state index in [0.29, 0.717) is 6.42 Å². The first-order valence-electron chi connectivity index (χ1n) is 3.43. The number of hydrogen-bond donors (Lipinski definition) is 0. The van der Waals surface area contributed by atoms with Crippen molar-refractivity contribution in [3.63, 3.8) is 0 Å². The van der Waals surface area contributed by atoms with E-state index < -0.39 is 0 Å². The summed E-state index contributed by atoms with van der Waals surface area (Å²) in [5.41, 5.74) is 0. The predicted molar refractivity (Wildman–Crippen MR) is 38.9 cm³/mol. The minimum Gasteiger partial charge on any atom is -0.198 e. The Bertz CT molecular complexity index is 108. The van der Waals surface area contributed by atoms with Crippen molar-refractivity contribution < 1.29 is 0 Å². The van der Waals surface area contributed by atoms with E-state index in [9.17, 15) is 0 Å². The van der Waals surface area contributed by atoms with Crippen LogP contribution in [0.5, 0.6) is 0 Å². The average molecular weight is 123 g/mol. The number of nitriles is 1. The topological polar surface area (TPSA) is 23.8 Å². The lowest BCUT2D eigenvalue weighted by molar-refractivity contribution is 0.873. The SMILES string of the molecule is CC/C=C/CCCC#N. The molecule has 0 fully saturated rings. The number of nitrogens with zero attached hydrogens (tertiary/aromatic N) is 1. The minimum absolute atomic E-state index is 0.689. The molecular formula is C8H13N. The van der Waals surface area contributed by atoms with Gasteiger partial charge in [0.15, 0.2) is 0 Å². The van der Waals surface area contributed by atoms with Crippen LogP contribution in [0.25, 0.3) is 0 Å². The molecule has 0 atom stereocenters. The smallest absolute Gasteiger partial charge is 0.0621 e. The predicted octanol–water partition coefficient (Wildman–Crippen LogP) is 2.65. The van der Waals surface area contributed by atoms with Crippen molar-refractivity contribution in [2.45, 2.75) is 32.6 Å². The molecule has 0 unspecified atom stereocenters. The third-order valence-corrected chi connectivity index (χ3v) is 1.06. The van der Waals surface area contributed by atoms with Crippen molar-refractivity contribution in [1.82, 2.24) is 0 Å². The maximum absolute atomic E-state index is 8.15. The Hall–Kier alpha value is -0.770. The van der Waals surface area contributed by atoms with Gasteiger partial charge in [-0.3, -0.25) is 0 Å². The van der Waals surface area contributed by atoms with Crippen LogP contribution in [0, 0.1) is 11.3 Å². The van der Waals surface area contributed by atoms with Gasteiger partial charge >= 0.3 is 0 Å². The van der Waals surface area contributed by atoms with Gasteiger partial charge in [0, 0.05) is 6.42 Å². The van der Waals surface area contributed by atoms with E-state index in [-0.39, 0.29) is 0 Å². The van der Waals surface area contributed by atoms with Crippen LogP contribution in [0.3, 0.4) is 0 Å². The second kappa shape index (κ2) is 7.23. The van der Waals surface area contributed by atoms with Gasteiger partial charge in [-0.2, -0.15) is 5.26 Å². The highest BCUT2D eigenvalue weighted by atomic mass is 14.2. The Morgan fingerprint density at radius 2 is 2.22 bits per heavy atom. The van der Waals surface area contributed by atoms with E-state index in [1.165, 1.54) is 0 Å². The minimum atomic E-state index is 0.689. The van der Waals surface area contributed by atoms with Crippen molar-refractivity contribution in [3.8, 4) is 6.07 Å². The molecule has 1 heteroatoms. The Morgan fingerprint density at radius 1 is 1.44 bits per heavy atom. The van der Waals surface area contributed by atoms with Crippen molar-refractivity contribution in [2.24, 2.45) is 0 Å². The summed E-state index contributed by atoms with van der Waals surface area (Å²) >= 11 is 0. The lowest BCUT2D eigenvalue weighted by atomic mass is 10.2. The first-order valence-corrected chi connectivity index (χ1v) is 3.43. The third kappa shape index (κ3) is 7.23. The molecule has 0 aromatic rings. The molecule has 50 valence electrons. The van der Waals surface area contributed by atoms with Crippen LogP contribution in [-0.4, -0.2) is 0 Å². The van der Waals surface area contributed by atoms with Crippen LogP contribution in [0.15, 0.2) is 12.2 Å². The van der Waals surface area contributed by atoms with Gasteiger partial charge in [0.2, 0.25) is 0 Å². The number of allylic oxidation sites excluding steroid dienone is 2. The van der Waals surface area contributed by atoms with Crippen LogP contribution in [0.1, 0.15) is 32.6 Å². The van der Waals surface area contributed by atoms with Gasteiger partial charge in [-0.1, -0.05) is 19.1 Å². The van der Waals surface area contributed by atoms with Gasteiger partial charge in [0.1, 0.15) is 0 Å². The fraction of sp³-hybridized carbons (Fsp3) is 0.625. The Balaban J connectivity index is 2.92. The fourth-order valence-electron chi connectivity index (χ4n) is 0.583. The molecule has 0 aliphatic carbocycles. The van der Waals surface area contributed by atoms with E-state index >= 15 is 0 Å². The summed E-state index contributed by atoms with van der Waals surface area (Å²) in [4.78, 5) is 0. The number of unbranched alkanes of at least 4 members (excludes halogenated alkanes) is 2. The molecule has 9 heavy (non-hydrogen) atoms. The molecule has 0 N–H and O–H groups in total. The van der Waals surface area contributed by atoms with Crippen LogP contribution >= 0.6 is 0 Å². The lowest BCUT2D eigenvalue weighted by Gasteiger charge is -1.84. The Morgan fingerprint density at radius 3 is 2.78 bits per heavy atom. The summed E-state index contributed by atoms with van der Waals surface area (Å²) in [6.45, 7) is 2.11. The average Bonchev–Trinajstić information content (AvgIpc) is 1.89. The van der Waals surface area contributed by atoms with Gasteiger partial charge in [0.25, 0.3) is 0 Å². The molecule has 0 heterocycles. The van der Waals surface area contributed by atoms with E-state index in [2.05, 4.69) is 25.1 Å². The van der Waals surface area contributed by atoms with Gasteiger partial charge in [0.05, 0.1) is 6.07 Å². The molecular weight excluding hydrogens is 110 g/mol. The Labute approximate surface area is 57.0 Å². The van der Waals surface area contributed by atoms with Crippen LogP contribution < -0.4 is 0 Å². The van der Waals surface area contributed by atoms with Crippen LogP contribution in [0.2, 0.25) is 0 Å². The van der Waals surface area contributed by atoms with Crippen LogP contribution in [0.4, 0.5) is 0 Å². The van der Waals surface area contributed by atoms with Gasteiger partial charge < -0.3 is 0 Å². The first kappa shape index (κ1) is 8.23. The summed E-state index contributed by atoms with van der Waals surface area (Å²) < 4.78 is 0. The summed E-state index contributed by atoms with van der Waals surface area (Å²) in [5, 5.41) is 8.15. The quantitative estimate of drug-likeness (QED) is 0.416. The molecule has 0 aliphatic heterocycles. The molecule has 0 aromatic carbocycles. The Kier molecular flexibility index (Phi) is 6.61. The summed E-state index contributed by atoms with van der Waals surface area (Å²) in [7, 11) is 0. The maximum atomic E-state index is 8.15. The van der Waals surface area contributed by atoms with Gasteiger partial charge in [-0.25, -0.2) is 0 Å². The molecule has 0 saturated heterocycles. The fourth-order valence-corrected chi connectivity index (χ4v) is 0.583. The second-order valence-corrected chi connectivity index (χ2v) is 1.93. The number of rotatable bonds is 4. The summed E-state index contributed by atoms with van der Waals surface area (Å²) in [6, 6.07) is 2.11. The number of hydrogen-bond acceptors (Lipinski definition) is 1. The van der Waals surface area contributed by atoms with Gasteiger partial charge in [-0.15, -0.1) is 0 Å². The van der Waals surface area contributed by atoms with E-state index in [0.717, 1.165) is 19.3 Å². The van der Waals surface area contributed by atoms with E-state index in [4.69, 9.17) is 5.26 Å². The van der Waals surface area contributed by atoms with Gasteiger partial charge in [-0.05, 0) is 19.3 Å². The molecule has 1 nitrogen and oxygen atoms in total. The normalized spacial score (nSPS) is 9.78. The van der Waals surface area contributed by atoms with E-state index in [1.807, 2.05) is 0 Å². The van der Waals surface area contributed by atoms with Crippen molar-refractivity contribution in [1.29, 1.82) is 5.26 Å². The molecule has 0 aliphatic rings. The molecule has 0 aromatic heterocycles. The first-order chi connectivity index (χ1) is 4.41. The molecule has 0 spiro atoms.